The minimum atomic E-state index is -0.382. The number of fused-ring (bicyclic) bond motifs is 1. The normalized spacial score (nSPS) is 13.1. The predicted molar refractivity (Wildman–Crippen MR) is 132 cm³/mol. The van der Waals surface area contributed by atoms with Crippen LogP contribution in [0.4, 0.5) is 9.39 Å². The van der Waals surface area contributed by atoms with Crippen LogP contribution in [-0.2, 0) is 28.9 Å². The molecule has 2 heterocycles. The average molecular weight is 503 g/mol. The number of nitrogens with one attached hydrogen (secondary N) is 1. The van der Waals surface area contributed by atoms with Crippen molar-refractivity contribution >= 4 is 40.0 Å². The number of carbonyl (C=O) groups excluding carboxylic acids is 2. The second kappa shape index (κ2) is 10.7. The van der Waals surface area contributed by atoms with Gasteiger partial charge in [-0.1, -0.05) is 11.8 Å². The number of anilines is 1. The van der Waals surface area contributed by atoms with Crippen LogP contribution in [0.3, 0.4) is 0 Å². The number of rotatable bonds is 8. The summed E-state index contributed by atoms with van der Waals surface area (Å²) in [6.45, 7) is 6.20. The van der Waals surface area contributed by atoms with E-state index in [0.717, 1.165) is 41.7 Å². The fourth-order valence-corrected chi connectivity index (χ4v) is 6.02. The van der Waals surface area contributed by atoms with Gasteiger partial charge in [-0.2, -0.15) is 0 Å². The molecule has 4 rings (SSSR count). The molecular weight excluding hydrogens is 475 g/mol. The van der Waals surface area contributed by atoms with Gasteiger partial charge in [-0.3, -0.25) is 4.79 Å². The van der Waals surface area contributed by atoms with Gasteiger partial charge >= 0.3 is 5.97 Å². The fraction of sp³-hybridized carbons (Fsp3) is 0.417. The molecule has 0 atom stereocenters. The Morgan fingerprint density at radius 2 is 1.94 bits per heavy atom. The number of aromatic nitrogens is 3. The van der Waals surface area contributed by atoms with Crippen molar-refractivity contribution in [2.45, 2.75) is 64.3 Å². The van der Waals surface area contributed by atoms with E-state index in [9.17, 15) is 14.0 Å². The first-order chi connectivity index (χ1) is 16.4. The van der Waals surface area contributed by atoms with Crippen LogP contribution >= 0.6 is 23.1 Å². The zero-order valence-corrected chi connectivity index (χ0v) is 21.0. The number of hydrogen-bond acceptors (Lipinski definition) is 7. The highest BCUT2D eigenvalue weighted by molar-refractivity contribution is 7.99. The third kappa shape index (κ3) is 5.33. The molecule has 180 valence electrons. The maximum absolute atomic E-state index is 13.3. The molecule has 34 heavy (non-hydrogen) atoms. The number of aryl methyl sites for hydroxylation is 1. The van der Waals surface area contributed by atoms with Gasteiger partial charge in [0.2, 0.25) is 5.91 Å². The van der Waals surface area contributed by atoms with E-state index in [4.69, 9.17) is 4.74 Å². The number of thioether (sulfide) groups is 1. The molecule has 1 N–H and O–H groups in total. The first-order valence-electron chi connectivity index (χ1n) is 11.3. The minimum Gasteiger partial charge on any atom is -0.459 e. The zero-order valence-electron chi connectivity index (χ0n) is 19.4. The summed E-state index contributed by atoms with van der Waals surface area (Å²) in [7, 11) is 0. The number of thiophene rings is 1. The monoisotopic (exact) mass is 502 g/mol. The molecule has 1 aliphatic rings. The molecule has 0 spiro atoms. The van der Waals surface area contributed by atoms with E-state index in [-0.39, 0.29) is 29.6 Å². The van der Waals surface area contributed by atoms with Crippen LogP contribution in [0.25, 0.3) is 11.4 Å². The molecule has 0 bridgehead atoms. The van der Waals surface area contributed by atoms with E-state index >= 15 is 0 Å². The van der Waals surface area contributed by atoms with Crippen molar-refractivity contribution in [2.24, 2.45) is 0 Å². The molecule has 0 saturated carbocycles. The molecule has 0 saturated heterocycles. The van der Waals surface area contributed by atoms with Crippen LogP contribution in [0, 0.1) is 5.82 Å². The van der Waals surface area contributed by atoms with Crippen molar-refractivity contribution in [2.75, 3.05) is 11.1 Å². The molecule has 1 amide bonds. The molecule has 2 aromatic heterocycles. The van der Waals surface area contributed by atoms with Gasteiger partial charge < -0.3 is 14.6 Å². The van der Waals surface area contributed by atoms with Crippen molar-refractivity contribution in [1.82, 2.24) is 14.8 Å². The Balaban J connectivity index is 1.48. The Morgan fingerprint density at radius 3 is 2.65 bits per heavy atom. The second-order valence-corrected chi connectivity index (χ2v) is 10.3. The summed E-state index contributed by atoms with van der Waals surface area (Å²) in [6, 6.07) is 6.07. The molecule has 10 heteroatoms. The zero-order chi connectivity index (χ0) is 24.2. The van der Waals surface area contributed by atoms with E-state index in [0.29, 0.717) is 28.1 Å². The fourth-order valence-electron chi connectivity index (χ4n) is 3.93. The molecule has 7 nitrogen and oxygen atoms in total. The molecule has 0 aliphatic heterocycles. The van der Waals surface area contributed by atoms with E-state index in [1.807, 2.05) is 25.3 Å². The van der Waals surface area contributed by atoms with Gasteiger partial charge in [0, 0.05) is 17.0 Å². The maximum atomic E-state index is 13.3. The average Bonchev–Trinajstić information content (AvgIpc) is 3.38. The van der Waals surface area contributed by atoms with E-state index < -0.39 is 0 Å². The predicted octanol–water partition coefficient (Wildman–Crippen LogP) is 5.34. The Kier molecular flexibility index (Phi) is 7.67. The van der Waals surface area contributed by atoms with Crippen LogP contribution in [0.1, 0.15) is 54.4 Å². The van der Waals surface area contributed by atoms with Gasteiger partial charge in [0.15, 0.2) is 11.0 Å². The van der Waals surface area contributed by atoms with E-state index in [2.05, 4.69) is 15.5 Å². The lowest BCUT2D eigenvalue weighted by atomic mass is 9.95. The van der Waals surface area contributed by atoms with Gasteiger partial charge in [-0.25, -0.2) is 9.18 Å². The van der Waals surface area contributed by atoms with Crippen LogP contribution in [0.5, 0.6) is 0 Å². The van der Waals surface area contributed by atoms with Crippen molar-refractivity contribution in [1.29, 1.82) is 0 Å². The first-order valence-corrected chi connectivity index (χ1v) is 13.1. The third-order valence-electron chi connectivity index (χ3n) is 5.44. The molecule has 0 unspecified atom stereocenters. The molecule has 0 fully saturated rings. The summed E-state index contributed by atoms with van der Waals surface area (Å²) in [6.07, 6.45) is 3.61. The summed E-state index contributed by atoms with van der Waals surface area (Å²) < 4.78 is 20.6. The SMILES string of the molecule is CCn1c(SCC(=O)Nc2sc3c(c2C(=O)OC(C)C)CCCC3)nnc1-c1ccc(F)cc1. The van der Waals surface area contributed by atoms with Gasteiger partial charge in [-0.05, 0) is 76.3 Å². The lowest BCUT2D eigenvalue weighted by Gasteiger charge is -2.14. The van der Waals surface area contributed by atoms with Gasteiger partial charge in [0.1, 0.15) is 10.8 Å². The number of benzene rings is 1. The van der Waals surface area contributed by atoms with Crippen LogP contribution < -0.4 is 5.32 Å². The number of halogens is 1. The topological polar surface area (TPSA) is 86.1 Å². The Bertz CT molecular complexity index is 1190. The minimum absolute atomic E-state index is 0.114. The Morgan fingerprint density at radius 1 is 1.21 bits per heavy atom. The van der Waals surface area contributed by atoms with Crippen LogP contribution in [0.2, 0.25) is 0 Å². The van der Waals surface area contributed by atoms with Gasteiger partial charge in [0.25, 0.3) is 0 Å². The summed E-state index contributed by atoms with van der Waals surface area (Å²) >= 11 is 2.74. The summed E-state index contributed by atoms with van der Waals surface area (Å²) in [5.74, 6) is -0.189. The number of amides is 1. The summed E-state index contributed by atoms with van der Waals surface area (Å²) in [5.41, 5.74) is 2.27. The largest absolute Gasteiger partial charge is 0.459 e. The van der Waals surface area contributed by atoms with Gasteiger partial charge in [0.05, 0.1) is 17.4 Å². The highest BCUT2D eigenvalue weighted by Gasteiger charge is 2.28. The molecule has 0 radical (unpaired) electrons. The first kappa shape index (κ1) is 24.4. The van der Waals surface area contributed by atoms with Gasteiger partial charge in [-0.15, -0.1) is 21.5 Å². The number of hydrogen-bond donors (Lipinski definition) is 1. The molecule has 1 aliphatic carbocycles. The quantitative estimate of drug-likeness (QED) is 0.331. The van der Waals surface area contributed by atoms with E-state index in [1.54, 1.807) is 12.1 Å². The molecular formula is C24H27FN4O3S2. The maximum Gasteiger partial charge on any atom is 0.341 e. The standard InChI is InChI=1S/C24H27FN4O3S2/c1-4-29-21(15-9-11-16(25)12-10-15)27-28-24(29)33-13-19(30)26-22-20(23(31)32-14(2)3)17-7-5-6-8-18(17)34-22/h9-12,14H,4-8,13H2,1-3H3,(H,26,30). The highest BCUT2D eigenvalue weighted by atomic mass is 32.2. The molecule has 1 aromatic carbocycles. The van der Waals surface area contributed by atoms with Crippen molar-refractivity contribution in [3.8, 4) is 11.4 Å². The molecule has 3 aromatic rings. The van der Waals surface area contributed by atoms with Crippen LogP contribution in [0.15, 0.2) is 29.4 Å². The smallest absolute Gasteiger partial charge is 0.341 e. The number of ether oxygens (including phenoxy) is 1. The Hall–Kier alpha value is -2.72. The lowest BCUT2D eigenvalue weighted by molar-refractivity contribution is -0.113. The van der Waals surface area contributed by atoms with Crippen molar-refractivity contribution in [3.63, 3.8) is 0 Å². The second-order valence-electron chi connectivity index (χ2n) is 8.26. The summed E-state index contributed by atoms with van der Waals surface area (Å²) in [5, 5.41) is 12.6. The highest BCUT2D eigenvalue weighted by Crippen LogP contribution is 2.39. The lowest BCUT2D eigenvalue weighted by Crippen LogP contribution is -2.19. The van der Waals surface area contributed by atoms with Crippen LogP contribution in [-0.4, -0.2) is 38.5 Å². The third-order valence-corrected chi connectivity index (χ3v) is 7.61. The number of carbonyl (C=O) groups is 2. The van der Waals surface area contributed by atoms with E-state index in [1.165, 1.54) is 35.2 Å². The van der Waals surface area contributed by atoms with Crippen molar-refractivity contribution < 1.29 is 18.7 Å². The number of esters is 1. The van der Waals surface area contributed by atoms with Crippen molar-refractivity contribution in [3.05, 3.63) is 46.1 Å². The Labute approximate surface area is 206 Å². The summed E-state index contributed by atoms with van der Waals surface area (Å²) in [4.78, 5) is 26.8. The number of nitrogens with zero attached hydrogens (tertiary/aromatic N) is 3.